The lowest BCUT2D eigenvalue weighted by atomic mass is 9.76. The zero-order valence-corrected chi connectivity index (χ0v) is 17.2. The molecule has 0 bridgehead atoms. The molecule has 4 rings (SSSR count). The highest BCUT2D eigenvalue weighted by Gasteiger charge is 2.44. The maximum atomic E-state index is 13.3. The molecule has 4 nitrogen and oxygen atoms in total. The summed E-state index contributed by atoms with van der Waals surface area (Å²) in [6, 6.07) is 21.6. The highest BCUT2D eigenvalue weighted by molar-refractivity contribution is 7.89. The van der Waals surface area contributed by atoms with Gasteiger partial charge in [0.2, 0.25) is 0 Å². The number of nitrogens with zero attached hydrogens (tertiary/aromatic N) is 2. The highest BCUT2D eigenvalue weighted by atomic mass is 35.5. The summed E-state index contributed by atoms with van der Waals surface area (Å²) in [4.78, 5) is -0.00424. The van der Waals surface area contributed by atoms with Gasteiger partial charge in [-0.1, -0.05) is 54.1 Å². The van der Waals surface area contributed by atoms with Crippen LogP contribution in [0.15, 0.2) is 88.9 Å². The van der Waals surface area contributed by atoms with Gasteiger partial charge in [0.1, 0.15) is 5.82 Å². The van der Waals surface area contributed by atoms with Crippen LogP contribution in [-0.4, -0.2) is 25.1 Å². The van der Waals surface area contributed by atoms with Gasteiger partial charge in [-0.25, -0.2) is 4.39 Å². The lowest BCUT2D eigenvalue weighted by Crippen LogP contribution is -2.37. The lowest BCUT2D eigenvalue weighted by Gasteiger charge is -2.27. The molecule has 1 heterocycles. The van der Waals surface area contributed by atoms with Crippen molar-refractivity contribution in [2.45, 2.75) is 17.2 Å². The molecule has 3 aromatic carbocycles. The SMILES string of the molecule is CC1(c2ccccc2)CN(S(=O)(=O)c2ccc(F)cc2)N=C1c1ccc(Cl)cc1. The first-order valence-corrected chi connectivity index (χ1v) is 10.8. The lowest BCUT2D eigenvalue weighted by molar-refractivity contribution is 0.418. The van der Waals surface area contributed by atoms with E-state index in [4.69, 9.17) is 11.6 Å². The van der Waals surface area contributed by atoms with E-state index in [0.29, 0.717) is 10.7 Å². The second-order valence-corrected chi connectivity index (χ2v) is 9.37. The maximum Gasteiger partial charge on any atom is 0.279 e. The molecule has 0 saturated heterocycles. The van der Waals surface area contributed by atoms with Gasteiger partial charge in [-0.3, -0.25) is 0 Å². The molecular formula is C22H18ClFN2O2S. The minimum absolute atomic E-state index is 0.00424. The quantitative estimate of drug-likeness (QED) is 0.596. The third-order valence-electron chi connectivity index (χ3n) is 5.10. The van der Waals surface area contributed by atoms with Crippen molar-refractivity contribution in [3.05, 3.63) is 101 Å². The molecule has 1 aliphatic heterocycles. The molecule has 0 amide bonds. The smallest absolute Gasteiger partial charge is 0.207 e. The first-order chi connectivity index (χ1) is 13.8. The van der Waals surface area contributed by atoms with Crippen molar-refractivity contribution >= 4 is 27.3 Å². The number of halogens is 2. The Hall–Kier alpha value is -2.70. The topological polar surface area (TPSA) is 49.7 Å². The van der Waals surface area contributed by atoms with Crippen molar-refractivity contribution in [1.82, 2.24) is 4.41 Å². The molecule has 0 N–H and O–H groups in total. The number of benzene rings is 3. The Morgan fingerprint density at radius 2 is 1.59 bits per heavy atom. The monoisotopic (exact) mass is 428 g/mol. The fraction of sp³-hybridized carbons (Fsp3) is 0.136. The summed E-state index contributed by atoms with van der Waals surface area (Å²) in [6.07, 6.45) is 0. The Bertz CT molecular complexity index is 1160. The minimum atomic E-state index is -3.93. The summed E-state index contributed by atoms with van der Waals surface area (Å²) in [5.41, 5.74) is 1.71. The average molecular weight is 429 g/mol. The van der Waals surface area contributed by atoms with Crippen molar-refractivity contribution in [2.24, 2.45) is 5.10 Å². The van der Waals surface area contributed by atoms with Crippen molar-refractivity contribution in [3.63, 3.8) is 0 Å². The summed E-state index contributed by atoms with van der Waals surface area (Å²) in [5, 5.41) is 5.10. The van der Waals surface area contributed by atoms with Gasteiger partial charge in [-0.05, 0) is 54.4 Å². The van der Waals surface area contributed by atoms with Crippen LogP contribution in [0.4, 0.5) is 4.39 Å². The molecule has 0 fully saturated rings. The largest absolute Gasteiger partial charge is 0.279 e. The van der Waals surface area contributed by atoms with E-state index < -0.39 is 21.3 Å². The normalized spacial score (nSPS) is 19.3. The molecular weight excluding hydrogens is 411 g/mol. The van der Waals surface area contributed by atoms with Crippen LogP contribution in [0, 0.1) is 5.82 Å². The van der Waals surface area contributed by atoms with E-state index in [1.807, 2.05) is 49.4 Å². The predicted octanol–water partition coefficient (Wildman–Crippen LogP) is 4.85. The van der Waals surface area contributed by atoms with Crippen LogP contribution in [0.25, 0.3) is 0 Å². The molecule has 0 spiro atoms. The fourth-order valence-corrected chi connectivity index (χ4v) is 4.95. The third-order valence-corrected chi connectivity index (χ3v) is 6.99. The van der Waals surface area contributed by atoms with E-state index in [0.717, 1.165) is 27.7 Å². The van der Waals surface area contributed by atoms with Crippen LogP contribution in [0.3, 0.4) is 0 Å². The Labute approximate surface area is 174 Å². The zero-order chi connectivity index (χ0) is 20.6. The fourth-order valence-electron chi connectivity index (χ4n) is 3.49. The first-order valence-electron chi connectivity index (χ1n) is 8.99. The molecule has 0 saturated carbocycles. The van der Waals surface area contributed by atoms with Crippen LogP contribution in [0.5, 0.6) is 0 Å². The molecule has 3 aromatic rings. The Morgan fingerprint density at radius 1 is 0.966 bits per heavy atom. The highest BCUT2D eigenvalue weighted by Crippen LogP contribution is 2.37. The maximum absolute atomic E-state index is 13.3. The van der Waals surface area contributed by atoms with Gasteiger partial charge < -0.3 is 0 Å². The standard InChI is InChI=1S/C22H18ClFN2O2S/c1-22(17-5-3-2-4-6-17)15-26(25-21(22)16-7-9-18(23)10-8-16)29(27,28)20-13-11-19(24)12-14-20/h2-14H,15H2,1H3. The van der Waals surface area contributed by atoms with Crippen molar-refractivity contribution in [1.29, 1.82) is 0 Å². The number of hydrogen-bond donors (Lipinski definition) is 0. The Balaban J connectivity index is 1.83. The van der Waals surface area contributed by atoms with Gasteiger partial charge in [0.25, 0.3) is 10.0 Å². The number of hydrogen-bond acceptors (Lipinski definition) is 3. The molecule has 0 aromatic heterocycles. The van der Waals surface area contributed by atoms with Crippen molar-refractivity contribution in [2.75, 3.05) is 6.54 Å². The van der Waals surface area contributed by atoms with Crippen molar-refractivity contribution in [3.8, 4) is 0 Å². The number of hydrazone groups is 1. The molecule has 1 aliphatic rings. The summed E-state index contributed by atoms with van der Waals surface area (Å²) >= 11 is 6.02. The predicted molar refractivity (Wildman–Crippen MR) is 112 cm³/mol. The third kappa shape index (κ3) is 3.54. The van der Waals surface area contributed by atoms with Gasteiger partial charge in [0.15, 0.2) is 0 Å². The van der Waals surface area contributed by atoms with Crippen LogP contribution < -0.4 is 0 Å². The van der Waals surface area contributed by atoms with E-state index in [-0.39, 0.29) is 11.4 Å². The minimum Gasteiger partial charge on any atom is -0.207 e. The number of sulfonamides is 1. The van der Waals surface area contributed by atoms with Crippen LogP contribution >= 0.6 is 11.6 Å². The molecule has 29 heavy (non-hydrogen) atoms. The Morgan fingerprint density at radius 3 is 2.21 bits per heavy atom. The first kappa shape index (κ1) is 19.6. The summed E-state index contributed by atoms with van der Waals surface area (Å²) in [6.45, 7) is 2.10. The molecule has 1 unspecified atom stereocenters. The van der Waals surface area contributed by atoms with Crippen molar-refractivity contribution < 1.29 is 12.8 Å². The van der Waals surface area contributed by atoms with Crippen LogP contribution in [0.1, 0.15) is 18.1 Å². The van der Waals surface area contributed by atoms with E-state index in [1.165, 1.54) is 12.1 Å². The van der Waals surface area contributed by atoms with Crippen LogP contribution in [0.2, 0.25) is 5.02 Å². The van der Waals surface area contributed by atoms with E-state index >= 15 is 0 Å². The summed E-state index contributed by atoms with van der Waals surface area (Å²) in [7, 11) is -3.93. The number of rotatable bonds is 4. The summed E-state index contributed by atoms with van der Waals surface area (Å²) < 4.78 is 40.7. The van der Waals surface area contributed by atoms with Gasteiger partial charge in [0.05, 0.1) is 22.6 Å². The second kappa shape index (κ2) is 7.28. The Kier molecular flexibility index (Phi) is 4.92. The average Bonchev–Trinajstić information content (AvgIpc) is 3.09. The van der Waals surface area contributed by atoms with Gasteiger partial charge in [-0.2, -0.15) is 17.9 Å². The van der Waals surface area contributed by atoms with E-state index in [2.05, 4.69) is 5.10 Å². The molecule has 1 atom stereocenters. The molecule has 148 valence electrons. The van der Waals surface area contributed by atoms with Crippen LogP contribution in [-0.2, 0) is 15.4 Å². The molecule has 0 aliphatic carbocycles. The van der Waals surface area contributed by atoms with E-state index in [9.17, 15) is 12.8 Å². The zero-order valence-electron chi connectivity index (χ0n) is 15.6. The van der Waals surface area contributed by atoms with Gasteiger partial charge in [0, 0.05) is 5.02 Å². The van der Waals surface area contributed by atoms with Gasteiger partial charge in [-0.15, -0.1) is 0 Å². The molecule has 0 radical (unpaired) electrons. The molecule has 7 heteroatoms. The summed E-state index contributed by atoms with van der Waals surface area (Å²) in [5.74, 6) is -0.496. The second-order valence-electron chi connectivity index (χ2n) is 7.09. The van der Waals surface area contributed by atoms with E-state index in [1.54, 1.807) is 12.1 Å². The van der Waals surface area contributed by atoms with Gasteiger partial charge >= 0.3 is 0 Å².